The SMILES string of the molecule is CCSc1cc(Br)cnc1C(=NC)NNC(=O)CC(F)(F)C(F)(F)F. The van der Waals surface area contributed by atoms with Crippen molar-refractivity contribution in [3.05, 3.63) is 22.4 Å². The van der Waals surface area contributed by atoms with Crippen molar-refractivity contribution in [2.75, 3.05) is 12.8 Å². The molecule has 1 aromatic heterocycles. The van der Waals surface area contributed by atoms with Crippen molar-refractivity contribution in [1.29, 1.82) is 0 Å². The summed E-state index contributed by atoms with van der Waals surface area (Å²) < 4.78 is 62.7. The summed E-state index contributed by atoms with van der Waals surface area (Å²) in [5.74, 6) is -5.94. The van der Waals surface area contributed by atoms with Crippen LogP contribution in [0.1, 0.15) is 19.0 Å². The van der Waals surface area contributed by atoms with Gasteiger partial charge in [-0.1, -0.05) is 6.92 Å². The molecule has 12 heteroatoms. The molecule has 0 aromatic carbocycles. The third kappa shape index (κ3) is 6.10. The number of hydrazine groups is 1. The van der Waals surface area contributed by atoms with E-state index in [0.717, 1.165) is 0 Å². The third-order valence-corrected chi connectivity index (χ3v) is 4.03. The van der Waals surface area contributed by atoms with Gasteiger partial charge >= 0.3 is 12.1 Å². The van der Waals surface area contributed by atoms with Gasteiger partial charge in [0.25, 0.3) is 0 Å². The highest BCUT2D eigenvalue weighted by Crippen LogP contribution is 2.37. The van der Waals surface area contributed by atoms with E-state index in [4.69, 9.17) is 0 Å². The first kappa shape index (κ1) is 21.6. The molecule has 1 rings (SSSR count). The number of rotatable bonds is 5. The Morgan fingerprint density at radius 1 is 1.32 bits per heavy atom. The van der Waals surface area contributed by atoms with Crippen LogP contribution in [-0.2, 0) is 4.79 Å². The highest BCUT2D eigenvalue weighted by molar-refractivity contribution is 9.10. The lowest BCUT2D eigenvalue weighted by molar-refractivity contribution is -0.281. The fraction of sp³-hybridized carbons (Fsp3) is 0.462. The molecule has 140 valence electrons. The Hall–Kier alpha value is -1.43. The third-order valence-electron chi connectivity index (χ3n) is 2.68. The number of carbonyl (C=O) groups excluding carboxylic acids is 1. The van der Waals surface area contributed by atoms with Crippen LogP contribution < -0.4 is 10.9 Å². The van der Waals surface area contributed by atoms with Gasteiger partial charge in [-0.2, -0.15) is 22.0 Å². The number of hydrogen-bond donors (Lipinski definition) is 2. The summed E-state index contributed by atoms with van der Waals surface area (Å²) in [6.45, 7) is 1.90. The normalized spacial score (nSPS) is 12.9. The molecular formula is C13H14BrF5N4OS. The molecule has 2 N–H and O–H groups in total. The maximum Gasteiger partial charge on any atom is 0.453 e. The minimum absolute atomic E-state index is 0.0205. The molecule has 0 atom stereocenters. The number of alkyl halides is 5. The topological polar surface area (TPSA) is 66.4 Å². The van der Waals surface area contributed by atoms with Gasteiger partial charge in [-0.3, -0.25) is 25.6 Å². The predicted molar refractivity (Wildman–Crippen MR) is 87.7 cm³/mol. The fourth-order valence-electron chi connectivity index (χ4n) is 1.56. The number of halogens is 6. The zero-order valence-electron chi connectivity index (χ0n) is 13.0. The van der Waals surface area contributed by atoms with Crippen LogP contribution in [-0.4, -0.2) is 41.6 Å². The maximum absolute atomic E-state index is 12.9. The van der Waals surface area contributed by atoms with Crippen LogP contribution in [0.3, 0.4) is 0 Å². The number of nitrogens with zero attached hydrogens (tertiary/aromatic N) is 2. The largest absolute Gasteiger partial charge is 0.453 e. The summed E-state index contributed by atoms with van der Waals surface area (Å²) in [4.78, 5) is 20.0. The highest BCUT2D eigenvalue weighted by Gasteiger charge is 2.58. The Bertz CT molecular complexity index is 654. The van der Waals surface area contributed by atoms with E-state index in [1.165, 1.54) is 25.0 Å². The van der Waals surface area contributed by atoms with Crippen molar-refractivity contribution in [3.63, 3.8) is 0 Å². The average molecular weight is 449 g/mol. The molecule has 0 saturated heterocycles. The molecule has 0 unspecified atom stereocenters. The molecule has 1 heterocycles. The Morgan fingerprint density at radius 2 is 1.96 bits per heavy atom. The van der Waals surface area contributed by atoms with Gasteiger partial charge in [0.05, 0.1) is 0 Å². The van der Waals surface area contributed by atoms with Crippen molar-refractivity contribution in [2.24, 2.45) is 4.99 Å². The van der Waals surface area contributed by atoms with Crippen LogP contribution in [0.25, 0.3) is 0 Å². The standard InChI is InChI=1S/C13H14BrF5N4OS/c1-3-25-8-4-7(14)6-21-10(8)11(20-2)23-22-9(24)5-12(15,16)13(17,18)19/h4,6H,3,5H2,1-2H3,(H,20,23)(H,22,24). The number of hydrogen-bond acceptors (Lipinski definition) is 4. The number of aliphatic imine (C=N–C) groups is 1. The summed E-state index contributed by atoms with van der Waals surface area (Å²) in [5, 5.41) is 0. The van der Waals surface area contributed by atoms with Gasteiger partial charge in [0.2, 0.25) is 5.91 Å². The van der Waals surface area contributed by atoms with Gasteiger partial charge in [0, 0.05) is 22.6 Å². The zero-order valence-corrected chi connectivity index (χ0v) is 15.5. The molecule has 0 saturated carbocycles. The van der Waals surface area contributed by atoms with Crippen LogP contribution in [0.5, 0.6) is 0 Å². The van der Waals surface area contributed by atoms with E-state index in [2.05, 4.69) is 31.3 Å². The van der Waals surface area contributed by atoms with E-state index in [0.29, 0.717) is 20.8 Å². The van der Waals surface area contributed by atoms with Crippen LogP contribution in [0, 0.1) is 0 Å². The molecule has 0 aliphatic rings. The van der Waals surface area contributed by atoms with Crippen LogP contribution >= 0.6 is 27.7 Å². The Kier molecular flexibility index (Phi) is 7.60. The van der Waals surface area contributed by atoms with Gasteiger partial charge in [-0.25, -0.2) is 0 Å². The Balaban J connectivity index is 2.83. The minimum Gasteiger partial charge on any atom is -0.280 e. The van der Waals surface area contributed by atoms with Gasteiger partial charge in [-0.05, 0) is 27.7 Å². The second kappa shape index (κ2) is 8.79. The van der Waals surface area contributed by atoms with Crippen molar-refractivity contribution in [3.8, 4) is 0 Å². The van der Waals surface area contributed by atoms with E-state index >= 15 is 0 Å². The summed E-state index contributed by atoms with van der Waals surface area (Å²) in [7, 11) is 1.35. The summed E-state index contributed by atoms with van der Waals surface area (Å²) in [6.07, 6.45) is -6.38. The molecule has 1 amide bonds. The molecule has 0 spiro atoms. The second-order valence-corrected chi connectivity index (χ2v) is 6.78. The zero-order chi connectivity index (χ0) is 19.3. The number of aromatic nitrogens is 1. The molecule has 1 aromatic rings. The van der Waals surface area contributed by atoms with Gasteiger partial charge in [-0.15, -0.1) is 11.8 Å². The number of amides is 1. The average Bonchev–Trinajstić information content (AvgIpc) is 2.48. The molecule has 0 aliphatic heterocycles. The summed E-state index contributed by atoms with van der Waals surface area (Å²) in [6, 6.07) is 1.74. The Morgan fingerprint density at radius 3 is 2.48 bits per heavy atom. The van der Waals surface area contributed by atoms with Crippen molar-refractivity contribution >= 4 is 39.4 Å². The van der Waals surface area contributed by atoms with Crippen molar-refractivity contribution < 1.29 is 26.7 Å². The van der Waals surface area contributed by atoms with Crippen LogP contribution in [0.15, 0.2) is 26.6 Å². The number of thioether (sulfide) groups is 1. The van der Waals surface area contributed by atoms with Gasteiger partial charge < -0.3 is 0 Å². The molecular weight excluding hydrogens is 435 g/mol. The lowest BCUT2D eigenvalue weighted by Gasteiger charge is -2.19. The number of nitrogens with one attached hydrogen (secondary N) is 2. The predicted octanol–water partition coefficient (Wildman–Crippen LogP) is 3.54. The van der Waals surface area contributed by atoms with Crippen LogP contribution in [0.4, 0.5) is 22.0 Å². The molecule has 0 fully saturated rings. The first-order valence-electron chi connectivity index (χ1n) is 6.76. The number of amidine groups is 1. The number of carbonyl (C=O) groups is 1. The van der Waals surface area contributed by atoms with Crippen molar-refractivity contribution in [2.45, 2.75) is 30.3 Å². The first-order valence-corrected chi connectivity index (χ1v) is 8.54. The maximum atomic E-state index is 12.9. The fourth-order valence-corrected chi connectivity index (χ4v) is 2.85. The second-order valence-electron chi connectivity index (χ2n) is 4.56. The quantitative estimate of drug-likeness (QED) is 0.237. The monoisotopic (exact) mass is 448 g/mol. The first-order chi connectivity index (χ1) is 11.5. The van der Waals surface area contributed by atoms with E-state index in [-0.39, 0.29) is 5.84 Å². The van der Waals surface area contributed by atoms with E-state index in [1.54, 1.807) is 11.5 Å². The smallest absolute Gasteiger partial charge is 0.280 e. The molecule has 0 aliphatic carbocycles. The lowest BCUT2D eigenvalue weighted by atomic mass is 10.2. The summed E-state index contributed by atoms with van der Waals surface area (Å²) in [5.41, 5.74) is 4.34. The van der Waals surface area contributed by atoms with Crippen LogP contribution in [0.2, 0.25) is 0 Å². The lowest BCUT2D eigenvalue weighted by Crippen LogP contribution is -2.47. The molecule has 25 heavy (non-hydrogen) atoms. The van der Waals surface area contributed by atoms with Gasteiger partial charge in [0.15, 0.2) is 5.84 Å². The van der Waals surface area contributed by atoms with E-state index in [1.807, 2.05) is 6.92 Å². The van der Waals surface area contributed by atoms with E-state index in [9.17, 15) is 26.7 Å². The Labute approximate surface area is 153 Å². The van der Waals surface area contributed by atoms with Crippen molar-refractivity contribution in [1.82, 2.24) is 15.8 Å². The minimum atomic E-state index is -5.80. The molecule has 5 nitrogen and oxygen atoms in total. The van der Waals surface area contributed by atoms with Gasteiger partial charge in [0.1, 0.15) is 12.1 Å². The molecule has 0 bridgehead atoms. The molecule has 0 radical (unpaired) electrons. The highest BCUT2D eigenvalue weighted by atomic mass is 79.9. The summed E-state index contributed by atoms with van der Waals surface area (Å²) >= 11 is 4.67. The van der Waals surface area contributed by atoms with E-state index < -0.39 is 24.4 Å². The number of pyridine rings is 1.